The molecule has 2 amide bonds. The van der Waals surface area contributed by atoms with Gasteiger partial charge in [0.05, 0.1) is 17.6 Å². The Hall–Kier alpha value is -2.15. The fourth-order valence-corrected chi connectivity index (χ4v) is 2.44. The molecule has 7 heteroatoms. The number of fused-ring (bicyclic) bond motifs is 1. The van der Waals surface area contributed by atoms with Crippen LogP contribution in [0.2, 0.25) is 0 Å². The number of benzene rings is 1. The summed E-state index contributed by atoms with van der Waals surface area (Å²) in [5.74, 6) is 0.316. The second-order valence-corrected chi connectivity index (χ2v) is 5.91. The van der Waals surface area contributed by atoms with Crippen LogP contribution in [0.4, 0.5) is 9.18 Å². The summed E-state index contributed by atoms with van der Waals surface area (Å²) in [7, 11) is 5.70. The molecule has 0 aliphatic carbocycles. The van der Waals surface area contributed by atoms with Gasteiger partial charge in [-0.2, -0.15) is 0 Å². The van der Waals surface area contributed by atoms with Gasteiger partial charge in [-0.1, -0.05) is 6.92 Å². The molecule has 23 heavy (non-hydrogen) atoms. The first-order valence-electron chi connectivity index (χ1n) is 7.70. The molecule has 126 valence electrons. The van der Waals surface area contributed by atoms with E-state index in [2.05, 4.69) is 27.1 Å². The van der Waals surface area contributed by atoms with Gasteiger partial charge in [0.1, 0.15) is 11.6 Å². The van der Waals surface area contributed by atoms with Crippen LogP contribution in [0.3, 0.4) is 0 Å². The molecule has 0 saturated heterocycles. The number of likely N-dealkylation sites (N-methyl/N-ethyl adjacent to an activating group) is 1. The van der Waals surface area contributed by atoms with Crippen molar-refractivity contribution in [2.45, 2.75) is 25.9 Å². The summed E-state index contributed by atoms with van der Waals surface area (Å²) in [5, 5.41) is 2.92. The van der Waals surface area contributed by atoms with E-state index >= 15 is 0 Å². The summed E-state index contributed by atoms with van der Waals surface area (Å²) in [6.07, 6.45) is 0.964. The smallest absolute Gasteiger partial charge is 0.317 e. The first-order valence-corrected chi connectivity index (χ1v) is 7.70. The van der Waals surface area contributed by atoms with Gasteiger partial charge in [0.25, 0.3) is 0 Å². The molecule has 2 N–H and O–H groups in total. The van der Waals surface area contributed by atoms with Gasteiger partial charge in [0.2, 0.25) is 0 Å². The maximum atomic E-state index is 13.2. The number of aromatic nitrogens is 2. The van der Waals surface area contributed by atoms with E-state index in [1.54, 1.807) is 18.0 Å². The number of hydrogen-bond acceptors (Lipinski definition) is 3. The highest BCUT2D eigenvalue weighted by molar-refractivity contribution is 5.76. The van der Waals surface area contributed by atoms with Crippen LogP contribution in [0.25, 0.3) is 11.0 Å². The molecule has 1 aromatic carbocycles. The third-order valence-corrected chi connectivity index (χ3v) is 3.92. The summed E-state index contributed by atoms with van der Waals surface area (Å²) in [6, 6.07) is 4.54. The molecule has 6 nitrogen and oxygen atoms in total. The molecular formula is C16H24FN5O. The molecule has 1 atom stereocenters. The Labute approximate surface area is 135 Å². The average molecular weight is 321 g/mol. The Kier molecular flexibility index (Phi) is 5.54. The van der Waals surface area contributed by atoms with Crippen molar-refractivity contribution < 1.29 is 9.18 Å². The number of imidazole rings is 1. The SMILES string of the molecule is CCC(CNC(=O)N(C)Cc1nc2ccc(F)cc2[nH]1)N(C)C. The molecular weight excluding hydrogens is 297 g/mol. The summed E-state index contributed by atoms with van der Waals surface area (Å²) in [5.41, 5.74) is 1.32. The standard InChI is InChI=1S/C16H24FN5O/c1-5-12(21(2)3)9-18-16(23)22(4)10-15-19-13-7-6-11(17)8-14(13)20-15/h6-8,12H,5,9-10H2,1-4H3,(H,18,23)(H,19,20). The Morgan fingerprint density at radius 2 is 2.13 bits per heavy atom. The lowest BCUT2D eigenvalue weighted by Crippen LogP contribution is -2.44. The molecule has 0 aliphatic rings. The van der Waals surface area contributed by atoms with Crippen molar-refractivity contribution in [1.29, 1.82) is 0 Å². The lowest BCUT2D eigenvalue weighted by atomic mass is 10.2. The van der Waals surface area contributed by atoms with Gasteiger partial charge in [0, 0.05) is 19.6 Å². The predicted molar refractivity (Wildman–Crippen MR) is 88.7 cm³/mol. The van der Waals surface area contributed by atoms with Crippen LogP contribution in [0.15, 0.2) is 18.2 Å². The lowest BCUT2D eigenvalue weighted by Gasteiger charge is -2.24. The molecule has 0 fully saturated rings. The number of urea groups is 1. The molecule has 0 aliphatic heterocycles. The minimum absolute atomic E-state index is 0.156. The van der Waals surface area contributed by atoms with Crippen LogP contribution in [-0.2, 0) is 6.54 Å². The third kappa shape index (κ3) is 4.41. The molecule has 0 bridgehead atoms. The van der Waals surface area contributed by atoms with Gasteiger partial charge in [-0.25, -0.2) is 14.2 Å². The van der Waals surface area contributed by atoms with Gasteiger partial charge in [-0.15, -0.1) is 0 Å². The highest BCUT2D eigenvalue weighted by atomic mass is 19.1. The lowest BCUT2D eigenvalue weighted by molar-refractivity contribution is 0.199. The Bertz CT molecular complexity index is 670. The monoisotopic (exact) mass is 321 g/mol. The number of amides is 2. The number of H-pyrrole nitrogens is 1. The van der Waals surface area contributed by atoms with E-state index in [1.165, 1.54) is 12.1 Å². The Morgan fingerprint density at radius 1 is 1.39 bits per heavy atom. The number of carbonyl (C=O) groups is 1. The van der Waals surface area contributed by atoms with Crippen molar-refractivity contribution in [1.82, 2.24) is 25.1 Å². The number of hydrogen-bond donors (Lipinski definition) is 2. The Morgan fingerprint density at radius 3 is 2.78 bits per heavy atom. The van der Waals surface area contributed by atoms with Crippen LogP contribution in [-0.4, -0.2) is 59.5 Å². The number of aromatic amines is 1. The van der Waals surface area contributed by atoms with Gasteiger partial charge in [-0.05, 0) is 38.7 Å². The quantitative estimate of drug-likeness (QED) is 0.857. The van der Waals surface area contributed by atoms with Crippen LogP contribution < -0.4 is 5.32 Å². The molecule has 0 radical (unpaired) electrons. The van der Waals surface area contributed by atoms with E-state index in [-0.39, 0.29) is 11.8 Å². The number of carbonyl (C=O) groups excluding carboxylic acids is 1. The maximum Gasteiger partial charge on any atom is 0.317 e. The van der Waals surface area contributed by atoms with Crippen LogP contribution >= 0.6 is 0 Å². The molecule has 2 aromatic rings. The summed E-state index contributed by atoms with van der Waals surface area (Å²) in [4.78, 5) is 23.2. The maximum absolute atomic E-state index is 13.2. The molecule has 0 saturated carbocycles. The van der Waals surface area contributed by atoms with Gasteiger partial charge >= 0.3 is 6.03 Å². The molecule has 1 unspecified atom stereocenters. The van der Waals surface area contributed by atoms with E-state index in [1.807, 2.05) is 14.1 Å². The van der Waals surface area contributed by atoms with Crippen molar-refractivity contribution in [2.75, 3.05) is 27.7 Å². The summed E-state index contributed by atoms with van der Waals surface area (Å²) < 4.78 is 13.2. The topological polar surface area (TPSA) is 64.3 Å². The second kappa shape index (κ2) is 7.41. The van der Waals surface area contributed by atoms with Gasteiger partial charge in [0.15, 0.2) is 0 Å². The van der Waals surface area contributed by atoms with Crippen molar-refractivity contribution in [3.8, 4) is 0 Å². The van der Waals surface area contributed by atoms with Gasteiger partial charge in [-0.3, -0.25) is 0 Å². The average Bonchev–Trinajstić information content (AvgIpc) is 2.88. The number of rotatable bonds is 6. The molecule has 0 spiro atoms. The number of nitrogens with one attached hydrogen (secondary N) is 2. The second-order valence-electron chi connectivity index (χ2n) is 5.91. The zero-order chi connectivity index (χ0) is 17.0. The van der Waals surface area contributed by atoms with Crippen LogP contribution in [0, 0.1) is 5.82 Å². The molecule has 2 rings (SSSR count). The van der Waals surface area contributed by atoms with Crippen LogP contribution in [0.1, 0.15) is 19.2 Å². The van der Waals surface area contributed by atoms with E-state index in [0.29, 0.717) is 36.0 Å². The fraction of sp³-hybridized carbons (Fsp3) is 0.500. The van der Waals surface area contributed by atoms with Crippen molar-refractivity contribution >= 4 is 17.1 Å². The first kappa shape index (κ1) is 17.2. The first-order chi connectivity index (χ1) is 10.9. The van der Waals surface area contributed by atoms with Gasteiger partial charge < -0.3 is 20.1 Å². The van der Waals surface area contributed by atoms with E-state index < -0.39 is 0 Å². The molecule has 1 heterocycles. The van der Waals surface area contributed by atoms with Crippen molar-refractivity contribution in [3.63, 3.8) is 0 Å². The van der Waals surface area contributed by atoms with E-state index in [0.717, 1.165) is 6.42 Å². The fourth-order valence-electron chi connectivity index (χ4n) is 2.44. The van der Waals surface area contributed by atoms with E-state index in [4.69, 9.17) is 0 Å². The van der Waals surface area contributed by atoms with Crippen molar-refractivity contribution in [3.05, 3.63) is 29.8 Å². The summed E-state index contributed by atoms with van der Waals surface area (Å²) in [6.45, 7) is 3.02. The van der Waals surface area contributed by atoms with Crippen LogP contribution in [0.5, 0.6) is 0 Å². The largest absolute Gasteiger partial charge is 0.340 e. The molecule has 1 aromatic heterocycles. The predicted octanol–water partition coefficient (Wildman–Crippen LogP) is 2.18. The highest BCUT2D eigenvalue weighted by Gasteiger charge is 2.14. The minimum atomic E-state index is -0.312. The number of nitrogens with zero attached hydrogens (tertiary/aromatic N) is 3. The minimum Gasteiger partial charge on any atom is -0.340 e. The van der Waals surface area contributed by atoms with Crippen molar-refractivity contribution in [2.24, 2.45) is 0 Å². The zero-order valence-corrected chi connectivity index (χ0v) is 14.1. The third-order valence-electron chi connectivity index (χ3n) is 3.92. The van der Waals surface area contributed by atoms with E-state index in [9.17, 15) is 9.18 Å². The zero-order valence-electron chi connectivity index (χ0n) is 14.1. The normalized spacial score (nSPS) is 12.6. The Balaban J connectivity index is 1.94. The highest BCUT2D eigenvalue weighted by Crippen LogP contribution is 2.13. The summed E-state index contributed by atoms with van der Waals surface area (Å²) >= 11 is 0. The number of halogens is 1.